The number of halogens is 3. The Kier molecular flexibility index (Phi) is 6.41. The molecule has 0 spiro atoms. The molecule has 2 atom stereocenters. The van der Waals surface area contributed by atoms with Crippen molar-refractivity contribution < 1.29 is 22.8 Å². The van der Waals surface area contributed by atoms with Gasteiger partial charge in [0.25, 0.3) is 0 Å². The van der Waals surface area contributed by atoms with Gasteiger partial charge in [0, 0.05) is 6.04 Å². The second kappa shape index (κ2) is 7.85. The molecule has 3 amide bonds. The third-order valence-corrected chi connectivity index (χ3v) is 3.22. The zero-order valence-corrected chi connectivity index (χ0v) is 13.1. The molecular weight excluding hydrogens is 311 g/mol. The largest absolute Gasteiger partial charge is 0.418 e. The van der Waals surface area contributed by atoms with E-state index in [9.17, 15) is 22.8 Å². The SMILES string of the molecule is CC[C@@H](C)NC(=O)[C@H](C)NC(=O)Nc1ccccc1C(F)(F)F. The van der Waals surface area contributed by atoms with Crippen molar-refractivity contribution >= 4 is 17.6 Å². The molecule has 23 heavy (non-hydrogen) atoms. The van der Waals surface area contributed by atoms with Crippen LogP contribution in [0.1, 0.15) is 32.8 Å². The summed E-state index contributed by atoms with van der Waals surface area (Å²) in [6.07, 6.45) is -3.85. The molecule has 1 rings (SSSR count). The number of rotatable bonds is 5. The minimum Gasteiger partial charge on any atom is -0.352 e. The van der Waals surface area contributed by atoms with Crippen molar-refractivity contribution in [3.05, 3.63) is 29.8 Å². The van der Waals surface area contributed by atoms with Gasteiger partial charge in [-0.05, 0) is 32.4 Å². The number of anilines is 1. The van der Waals surface area contributed by atoms with Gasteiger partial charge < -0.3 is 16.0 Å². The number of hydrogen-bond acceptors (Lipinski definition) is 2. The molecular formula is C15H20F3N3O2. The number of carbonyl (C=O) groups is 2. The standard InChI is InChI=1S/C15H20F3N3O2/c1-4-9(2)19-13(22)10(3)20-14(23)21-12-8-6-5-7-11(12)15(16,17)18/h5-10H,4H2,1-3H3,(H,19,22)(H2,20,21,23)/t9-,10+/m1/s1. The molecule has 0 saturated heterocycles. The van der Waals surface area contributed by atoms with Crippen LogP contribution in [0.2, 0.25) is 0 Å². The predicted octanol–water partition coefficient (Wildman–Crippen LogP) is 3.13. The Balaban J connectivity index is 2.69. The second-order valence-corrected chi connectivity index (χ2v) is 5.18. The number of para-hydroxylation sites is 1. The van der Waals surface area contributed by atoms with Gasteiger partial charge >= 0.3 is 12.2 Å². The van der Waals surface area contributed by atoms with Crippen LogP contribution in [0.15, 0.2) is 24.3 Å². The Morgan fingerprint density at radius 1 is 1.13 bits per heavy atom. The van der Waals surface area contributed by atoms with Crippen LogP contribution in [-0.2, 0) is 11.0 Å². The summed E-state index contributed by atoms with van der Waals surface area (Å²) in [6.45, 7) is 5.15. The molecule has 0 radical (unpaired) electrons. The van der Waals surface area contributed by atoms with E-state index in [1.165, 1.54) is 19.1 Å². The molecule has 0 fully saturated rings. The molecule has 5 nitrogen and oxygen atoms in total. The number of carbonyl (C=O) groups excluding carboxylic acids is 2. The summed E-state index contributed by atoms with van der Waals surface area (Å²) in [6, 6.07) is 2.82. The lowest BCUT2D eigenvalue weighted by Gasteiger charge is -2.18. The topological polar surface area (TPSA) is 70.2 Å². The number of amides is 3. The molecule has 1 aromatic carbocycles. The van der Waals surface area contributed by atoms with Crippen molar-refractivity contribution in [2.24, 2.45) is 0 Å². The lowest BCUT2D eigenvalue weighted by molar-refractivity contribution is -0.137. The maximum absolute atomic E-state index is 12.8. The van der Waals surface area contributed by atoms with E-state index in [0.717, 1.165) is 18.6 Å². The Labute approximate surface area is 132 Å². The minimum absolute atomic E-state index is 0.0548. The minimum atomic E-state index is -4.58. The van der Waals surface area contributed by atoms with E-state index in [2.05, 4.69) is 16.0 Å². The fourth-order valence-electron chi connectivity index (χ4n) is 1.73. The van der Waals surface area contributed by atoms with Gasteiger partial charge in [-0.2, -0.15) is 13.2 Å². The molecule has 0 unspecified atom stereocenters. The van der Waals surface area contributed by atoms with Crippen molar-refractivity contribution in [2.75, 3.05) is 5.32 Å². The maximum atomic E-state index is 12.8. The highest BCUT2D eigenvalue weighted by Gasteiger charge is 2.33. The zero-order valence-electron chi connectivity index (χ0n) is 13.1. The Bertz CT molecular complexity index is 561. The van der Waals surface area contributed by atoms with Crippen LogP contribution in [0.3, 0.4) is 0 Å². The first kappa shape index (κ1) is 18.8. The van der Waals surface area contributed by atoms with Crippen molar-refractivity contribution in [3.8, 4) is 0 Å². The van der Waals surface area contributed by atoms with E-state index >= 15 is 0 Å². The summed E-state index contributed by atoms with van der Waals surface area (Å²) in [4.78, 5) is 23.6. The summed E-state index contributed by atoms with van der Waals surface area (Å²) in [5.74, 6) is -0.404. The summed E-state index contributed by atoms with van der Waals surface area (Å²) in [5.41, 5.74) is -1.32. The lowest BCUT2D eigenvalue weighted by atomic mass is 10.1. The van der Waals surface area contributed by atoms with E-state index in [1.807, 2.05) is 13.8 Å². The molecule has 8 heteroatoms. The van der Waals surface area contributed by atoms with Crippen molar-refractivity contribution in [2.45, 2.75) is 45.5 Å². The van der Waals surface area contributed by atoms with Crippen LogP contribution < -0.4 is 16.0 Å². The molecule has 0 bridgehead atoms. The molecule has 0 aromatic heterocycles. The summed E-state index contributed by atoms with van der Waals surface area (Å²) >= 11 is 0. The van der Waals surface area contributed by atoms with Crippen LogP contribution in [-0.4, -0.2) is 24.0 Å². The molecule has 128 valence electrons. The first-order chi connectivity index (χ1) is 10.6. The van der Waals surface area contributed by atoms with Gasteiger partial charge in [-0.3, -0.25) is 4.79 Å². The average Bonchev–Trinajstić information content (AvgIpc) is 2.46. The second-order valence-electron chi connectivity index (χ2n) is 5.18. The third-order valence-electron chi connectivity index (χ3n) is 3.22. The van der Waals surface area contributed by atoms with Gasteiger partial charge in [0.1, 0.15) is 6.04 Å². The zero-order chi connectivity index (χ0) is 17.6. The fraction of sp³-hybridized carbons (Fsp3) is 0.467. The van der Waals surface area contributed by atoms with Gasteiger partial charge in [0.05, 0.1) is 11.3 Å². The van der Waals surface area contributed by atoms with Gasteiger partial charge in [0.15, 0.2) is 0 Å². The quantitative estimate of drug-likeness (QED) is 0.776. The van der Waals surface area contributed by atoms with Crippen LogP contribution in [0.25, 0.3) is 0 Å². The van der Waals surface area contributed by atoms with Gasteiger partial charge in [0.2, 0.25) is 5.91 Å². The highest BCUT2D eigenvalue weighted by molar-refractivity contribution is 5.94. The highest BCUT2D eigenvalue weighted by atomic mass is 19.4. The molecule has 1 aromatic rings. The number of urea groups is 1. The van der Waals surface area contributed by atoms with Crippen LogP contribution >= 0.6 is 0 Å². The van der Waals surface area contributed by atoms with Crippen molar-refractivity contribution in [1.29, 1.82) is 0 Å². The normalized spacial score (nSPS) is 13.8. The molecule has 0 aliphatic heterocycles. The molecule has 0 aliphatic rings. The molecule has 3 N–H and O–H groups in total. The van der Waals surface area contributed by atoms with Gasteiger partial charge in [-0.15, -0.1) is 0 Å². The summed E-state index contributed by atoms with van der Waals surface area (Å²) in [5, 5.41) is 7.10. The summed E-state index contributed by atoms with van der Waals surface area (Å²) in [7, 11) is 0. The van der Waals surface area contributed by atoms with Crippen LogP contribution in [0.5, 0.6) is 0 Å². The Morgan fingerprint density at radius 3 is 2.30 bits per heavy atom. The number of alkyl halides is 3. The first-order valence-electron chi connectivity index (χ1n) is 7.19. The maximum Gasteiger partial charge on any atom is 0.418 e. The Morgan fingerprint density at radius 2 is 1.74 bits per heavy atom. The number of hydrogen-bond donors (Lipinski definition) is 3. The van der Waals surface area contributed by atoms with E-state index < -0.39 is 29.7 Å². The number of benzene rings is 1. The van der Waals surface area contributed by atoms with Crippen molar-refractivity contribution in [1.82, 2.24) is 10.6 Å². The fourth-order valence-corrected chi connectivity index (χ4v) is 1.73. The predicted molar refractivity (Wildman–Crippen MR) is 81.0 cm³/mol. The van der Waals surface area contributed by atoms with E-state index in [-0.39, 0.29) is 11.7 Å². The van der Waals surface area contributed by atoms with Gasteiger partial charge in [-0.1, -0.05) is 19.1 Å². The van der Waals surface area contributed by atoms with E-state index in [0.29, 0.717) is 0 Å². The molecule has 0 aliphatic carbocycles. The Hall–Kier alpha value is -2.25. The first-order valence-corrected chi connectivity index (χ1v) is 7.19. The van der Waals surface area contributed by atoms with E-state index in [4.69, 9.17) is 0 Å². The monoisotopic (exact) mass is 331 g/mol. The average molecular weight is 331 g/mol. The van der Waals surface area contributed by atoms with Crippen molar-refractivity contribution in [3.63, 3.8) is 0 Å². The smallest absolute Gasteiger partial charge is 0.352 e. The number of nitrogens with one attached hydrogen (secondary N) is 3. The van der Waals surface area contributed by atoms with Crippen LogP contribution in [0.4, 0.5) is 23.7 Å². The highest BCUT2D eigenvalue weighted by Crippen LogP contribution is 2.34. The molecule has 0 heterocycles. The van der Waals surface area contributed by atoms with E-state index in [1.54, 1.807) is 0 Å². The lowest BCUT2D eigenvalue weighted by Crippen LogP contribution is -2.48. The van der Waals surface area contributed by atoms with Gasteiger partial charge in [-0.25, -0.2) is 4.79 Å². The third kappa shape index (κ3) is 5.80. The summed E-state index contributed by atoms with van der Waals surface area (Å²) < 4.78 is 38.5. The van der Waals surface area contributed by atoms with Crippen LogP contribution in [0, 0.1) is 0 Å². The molecule has 0 saturated carbocycles.